The fourth-order valence-electron chi connectivity index (χ4n) is 4.21. The number of anilines is 1. The van der Waals surface area contributed by atoms with Crippen molar-refractivity contribution in [2.45, 2.75) is 17.9 Å². The molecule has 1 N–H and O–H groups in total. The number of hydrogen-bond acceptors (Lipinski definition) is 10. The average molecular weight is 591 g/mol. The first-order valence-electron chi connectivity index (χ1n) is 11.9. The standard InChI is InChI=1S/C25H30N6O7S2/c1-16-10-11-17(22(14-16)39(6,32)33)21(38-5)15-40(34,35)29-25-27-26-24(18-12-13-30(2)28-18)31(25)23-19(36-3)8-7-9-20(23)37-4/h7-14,21H,15H2,1-6H3,(H,27,29)/t21-/m0/s1. The van der Waals surface area contributed by atoms with E-state index in [4.69, 9.17) is 14.2 Å². The molecule has 214 valence electrons. The van der Waals surface area contributed by atoms with Crippen molar-refractivity contribution in [3.05, 3.63) is 59.8 Å². The molecule has 1 atom stereocenters. The molecule has 0 aliphatic carbocycles. The molecule has 40 heavy (non-hydrogen) atoms. The van der Waals surface area contributed by atoms with Crippen LogP contribution in [0.5, 0.6) is 11.5 Å². The van der Waals surface area contributed by atoms with E-state index in [1.807, 2.05) is 0 Å². The predicted octanol–water partition coefficient (Wildman–Crippen LogP) is 2.53. The number of sulfonamides is 1. The molecule has 0 fully saturated rings. The fourth-order valence-corrected chi connectivity index (χ4v) is 6.44. The van der Waals surface area contributed by atoms with Gasteiger partial charge in [0.2, 0.25) is 16.0 Å². The summed E-state index contributed by atoms with van der Waals surface area (Å²) in [6.45, 7) is 1.75. The summed E-state index contributed by atoms with van der Waals surface area (Å²) >= 11 is 0. The highest BCUT2D eigenvalue weighted by molar-refractivity contribution is 7.92. The molecule has 0 radical (unpaired) electrons. The van der Waals surface area contributed by atoms with Crippen LogP contribution in [0.3, 0.4) is 0 Å². The van der Waals surface area contributed by atoms with Gasteiger partial charge >= 0.3 is 0 Å². The minimum atomic E-state index is -4.20. The van der Waals surface area contributed by atoms with Crippen molar-refractivity contribution in [2.75, 3.05) is 38.1 Å². The molecular formula is C25H30N6O7S2. The molecular weight excluding hydrogens is 560 g/mol. The summed E-state index contributed by atoms with van der Waals surface area (Å²) in [5, 5.41) is 12.7. The van der Waals surface area contributed by atoms with E-state index in [1.54, 1.807) is 61.2 Å². The quantitative estimate of drug-likeness (QED) is 0.275. The highest BCUT2D eigenvalue weighted by Gasteiger charge is 2.30. The Labute approximate surface area is 232 Å². The Hall–Kier alpha value is -3.95. The lowest BCUT2D eigenvalue weighted by Gasteiger charge is -2.20. The summed E-state index contributed by atoms with van der Waals surface area (Å²) < 4.78 is 74.0. The number of methoxy groups -OCH3 is 3. The van der Waals surface area contributed by atoms with Gasteiger partial charge in [0.25, 0.3) is 0 Å². The number of nitrogens with one attached hydrogen (secondary N) is 1. The van der Waals surface area contributed by atoms with E-state index < -0.39 is 31.7 Å². The van der Waals surface area contributed by atoms with Gasteiger partial charge in [0, 0.05) is 32.2 Å². The minimum absolute atomic E-state index is 0.00564. The maximum atomic E-state index is 13.5. The van der Waals surface area contributed by atoms with E-state index in [0.29, 0.717) is 28.4 Å². The van der Waals surface area contributed by atoms with Crippen molar-refractivity contribution in [2.24, 2.45) is 7.05 Å². The summed E-state index contributed by atoms with van der Waals surface area (Å²) in [5.41, 5.74) is 1.70. The normalized spacial score (nSPS) is 12.8. The third-order valence-electron chi connectivity index (χ3n) is 6.05. The lowest BCUT2D eigenvalue weighted by Crippen LogP contribution is -2.25. The first kappa shape index (κ1) is 29.0. The highest BCUT2D eigenvalue weighted by Crippen LogP contribution is 2.37. The van der Waals surface area contributed by atoms with Gasteiger partial charge in [0.1, 0.15) is 22.9 Å². The topological polar surface area (TPSA) is 157 Å². The number of nitrogens with zero attached hydrogens (tertiary/aromatic N) is 5. The first-order valence-corrected chi connectivity index (χ1v) is 15.4. The SMILES string of the molecule is COc1cccc(OC)c1-n1c(NS(=O)(=O)C[C@H](OC)c2ccc(C)cc2S(C)(=O)=O)nnc1-c1ccn(C)n1. The van der Waals surface area contributed by atoms with Crippen LogP contribution in [0.4, 0.5) is 5.95 Å². The van der Waals surface area contributed by atoms with Crippen LogP contribution in [0.25, 0.3) is 17.2 Å². The Bertz CT molecular complexity index is 1720. The van der Waals surface area contributed by atoms with Crippen LogP contribution in [-0.2, 0) is 31.6 Å². The molecule has 0 bridgehead atoms. The number of sulfone groups is 1. The molecule has 4 aromatic rings. The van der Waals surface area contributed by atoms with Crippen LogP contribution in [0.15, 0.2) is 53.6 Å². The highest BCUT2D eigenvalue weighted by atomic mass is 32.2. The van der Waals surface area contributed by atoms with Crippen molar-refractivity contribution in [1.29, 1.82) is 0 Å². The lowest BCUT2D eigenvalue weighted by molar-refractivity contribution is 0.119. The lowest BCUT2D eigenvalue weighted by atomic mass is 10.1. The van der Waals surface area contributed by atoms with Gasteiger partial charge in [0.15, 0.2) is 15.7 Å². The monoisotopic (exact) mass is 590 g/mol. The molecule has 0 saturated heterocycles. The Morgan fingerprint density at radius 3 is 2.20 bits per heavy atom. The van der Waals surface area contributed by atoms with Crippen LogP contribution < -0.4 is 14.2 Å². The van der Waals surface area contributed by atoms with Gasteiger partial charge in [-0.25, -0.2) is 16.8 Å². The molecule has 2 aromatic carbocycles. The molecule has 13 nitrogen and oxygen atoms in total. The van der Waals surface area contributed by atoms with Crippen LogP contribution in [0, 0.1) is 6.92 Å². The number of para-hydroxylation sites is 1. The third kappa shape index (κ3) is 5.95. The van der Waals surface area contributed by atoms with Gasteiger partial charge in [-0.15, -0.1) is 10.2 Å². The van der Waals surface area contributed by atoms with Gasteiger partial charge in [-0.05, 0) is 36.8 Å². The summed E-state index contributed by atoms with van der Waals surface area (Å²) in [6, 6.07) is 11.5. The summed E-state index contributed by atoms with van der Waals surface area (Å²) in [6.07, 6.45) is 1.67. The Morgan fingerprint density at radius 2 is 1.65 bits per heavy atom. The van der Waals surface area contributed by atoms with E-state index in [0.717, 1.165) is 6.26 Å². The van der Waals surface area contributed by atoms with Crippen molar-refractivity contribution < 1.29 is 31.0 Å². The largest absolute Gasteiger partial charge is 0.494 e. The first-order chi connectivity index (χ1) is 18.9. The summed E-state index contributed by atoms with van der Waals surface area (Å²) in [7, 11) is -1.88. The van der Waals surface area contributed by atoms with Gasteiger partial charge in [-0.3, -0.25) is 14.0 Å². The molecule has 0 unspecified atom stereocenters. The maximum absolute atomic E-state index is 13.5. The zero-order chi connectivity index (χ0) is 29.2. The number of rotatable bonds is 11. The van der Waals surface area contributed by atoms with E-state index >= 15 is 0 Å². The van der Waals surface area contributed by atoms with E-state index in [2.05, 4.69) is 20.0 Å². The number of aryl methyl sites for hydroxylation is 2. The molecule has 0 aliphatic heterocycles. The zero-order valence-electron chi connectivity index (χ0n) is 22.8. The van der Waals surface area contributed by atoms with Gasteiger partial charge in [-0.2, -0.15) is 5.10 Å². The number of benzene rings is 2. The van der Waals surface area contributed by atoms with Crippen LogP contribution in [-0.4, -0.2) is 74.7 Å². The van der Waals surface area contributed by atoms with E-state index in [9.17, 15) is 16.8 Å². The fraction of sp³-hybridized carbons (Fsp3) is 0.320. The van der Waals surface area contributed by atoms with Crippen LogP contribution in [0.2, 0.25) is 0 Å². The predicted molar refractivity (Wildman–Crippen MR) is 148 cm³/mol. The maximum Gasteiger partial charge on any atom is 0.243 e. The average Bonchev–Trinajstić information content (AvgIpc) is 3.51. The summed E-state index contributed by atoms with van der Waals surface area (Å²) in [5.74, 6) is 0.185. The molecule has 15 heteroatoms. The van der Waals surface area contributed by atoms with Gasteiger partial charge < -0.3 is 14.2 Å². The Balaban J connectivity index is 1.81. The van der Waals surface area contributed by atoms with Crippen molar-refractivity contribution in [1.82, 2.24) is 24.5 Å². The number of ether oxygens (including phenoxy) is 3. The smallest absolute Gasteiger partial charge is 0.243 e. The van der Waals surface area contributed by atoms with Gasteiger partial charge in [0.05, 0.1) is 31.0 Å². The van der Waals surface area contributed by atoms with Crippen molar-refractivity contribution in [3.8, 4) is 28.7 Å². The molecule has 2 heterocycles. The van der Waals surface area contributed by atoms with E-state index in [1.165, 1.54) is 32.0 Å². The number of hydrogen-bond donors (Lipinski definition) is 1. The second-order valence-corrected chi connectivity index (χ2v) is 12.7. The Morgan fingerprint density at radius 1 is 0.975 bits per heavy atom. The third-order valence-corrected chi connectivity index (χ3v) is 8.44. The van der Waals surface area contributed by atoms with Crippen molar-refractivity contribution >= 4 is 25.8 Å². The summed E-state index contributed by atoms with van der Waals surface area (Å²) in [4.78, 5) is -0.00564. The van der Waals surface area contributed by atoms with Crippen molar-refractivity contribution in [3.63, 3.8) is 0 Å². The minimum Gasteiger partial charge on any atom is -0.494 e. The second kappa shape index (κ2) is 11.3. The Kier molecular flexibility index (Phi) is 8.18. The molecule has 0 aliphatic rings. The zero-order valence-corrected chi connectivity index (χ0v) is 24.4. The van der Waals surface area contributed by atoms with E-state index in [-0.39, 0.29) is 22.2 Å². The van der Waals surface area contributed by atoms with Gasteiger partial charge in [-0.1, -0.05) is 18.2 Å². The molecule has 0 saturated carbocycles. The van der Waals surface area contributed by atoms with Crippen LogP contribution >= 0.6 is 0 Å². The molecule has 4 rings (SSSR count). The number of aromatic nitrogens is 5. The molecule has 0 amide bonds. The van der Waals surface area contributed by atoms with Crippen LogP contribution in [0.1, 0.15) is 17.2 Å². The molecule has 2 aromatic heterocycles. The second-order valence-electron chi connectivity index (χ2n) is 8.99. The molecule has 0 spiro atoms.